The van der Waals surface area contributed by atoms with Gasteiger partial charge in [0.1, 0.15) is 10.9 Å². The van der Waals surface area contributed by atoms with Gasteiger partial charge in [-0.15, -0.1) is 0 Å². The number of aromatic nitrogens is 1. The number of carboxylic acids is 1. The van der Waals surface area contributed by atoms with Crippen LogP contribution >= 0.6 is 27.7 Å². The van der Waals surface area contributed by atoms with Crippen molar-refractivity contribution in [3.05, 3.63) is 22.9 Å². The largest absolute Gasteiger partial charge is 0.480 e. The van der Waals surface area contributed by atoms with Crippen LogP contribution in [0.1, 0.15) is 6.42 Å². The van der Waals surface area contributed by atoms with Crippen LogP contribution in [-0.4, -0.2) is 42.5 Å². The molecule has 0 saturated heterocycles. The Labute approximate surface area is 124 Å². The van der Waals surface area contributed by atoms with Crippen LogP contribution in [0.5, 0.6) is 0 Å². The van der Waals surface area contributed by atoms with Crippen LogP contribution in [0.15, 0.2) is 27.8 Å². The van der Waals surface area contributed by atoms with Crippen molar-refractivity contribution in [1.29, 1.82) is 0 Å². The molecule has 1 aromatic rings. The lowest BCUT2D eigenvalue weighted by molar-refractivity contribution is -0.139. The van der Waals surface area contributed by atoms with Crippen LogP contribution in [0.2, 0.25) is 0 Å². The Morgan fingerprint density at radius 1 is 1.58 bits per heavy atom. The predicted molar refractivity (Wildman–Crippen MR) is 76.7 cm³/mol. The highest BCUT2D eigenvalue weighted by molar-refractivity contribution is 9.10. The van der Waals surface area contributed by atoms with Gasteiger partial charge in [-0.05, 0) is 40.4 Å². The summed E-state index contributed by atoms with van der Waals surface area (Å²) >= 11 is 4.57. The van der Waals surface area contributed by atoms with Crippen molar-refractivity contribution >= 4 is 43.7 Å². The molecular formula is C10H13BrN2O4S2. The maximum absolute atomic E-state index is 12.0. The van der Waals surface area contributed by atoms with Gasteiger partial charge in [-0.3, -0.25) is 9.78 Å². The molecule has 0 amide bonds. The number of nitrogens with zero attached hydrogens (tertiary/aromatic N) is 1. The standard InChI is InChI=1S/C10H13BrN2O4S2/c1-18-3-2-9(10(14)15)13-19(16,17)8-4-7(11)5-12-6-8/h4-6,9,13H,2-3H2,1H3,(H,14,15)/t9-/m0/s1. The van der Waals surface area contributed by atoms with Crippen molar-refractivity contribution in [2.24, 2.45) is 0 Å². The van der Waals surface area contributed by atoms with Gasteiger partial charge in [0.05, 0.1) is 0 Å². The molecule has 0 bridgehead atoms. The van der Waals surface area contributed by atoms with E-state index < -0.39 is 22.0 Å². The second-order valence-electron chi connectivity index (χ2n) is 3.63. The monoisotopic (exact) mass is 368 g/mol. The number of nitrogens with one attached hydrogen (secondary N) is 1. The second-order valence-corrected chi connectivity index (χ2v) is 7.25. The number of carbonyl (C=O) groups is 1. The maximum Gasteiger partial charge on any atom is 0.321 e. The molecule has 0 spiro atoms. The van der Waals surface area contributed by atoms with E-state index in [1.165, 1.54) is 30.2 Å². The summed E-state index contributed by atoms with van der Waals surface area (Å²) in [5.74, 6) is -0.642. The first kappa shape index (κ1) is 16.4. The highest BCUT2D eigenvalue weighted by Crippen LogP contribution is 2.15. The Balaban J connectivity index is 2.91. The number of thioether (sulfide) groups is 1. The van der Waals surface area contributed by atoms with Gasteiger partial charge in [-0.1, -0.05) is 0 Å². The highest BCUT2D eigenvalue weighted by atomic mass is 79.9. The van der Waals surface area contributed by atoms with Crippen molar-refractivity contribution in [2.75, 3.05) is 12.0 Å². The summed E-state index contributed by atoms with van der Waals surface area (Å²) in [6, 6.07) is 0.222. The van der Waals surface area contributed by atoms with Gasteiger partial charge in [-0.25, -0.2) is 8.42 Å². The second kappa shape index (κ2) is 7.22. The minimum absolute atomic E-state index is 0.0720. The first-order valence-electron chi connectivity index (χ1n) is 5.21. The van der Waals surface area contributed by atoms with Gasteiger partial charge in [0.25, 0.3) is 0 Å². The fraction of sp³-hybridized carbons (Fsp3) is 0.400. The third kappa shape index (κ3) is 5.09. The lowest BCUT2D eigenvalue weighted by Crippen LogP contribution is -2.41. The Kier molecular flexibility index (Phi) is 6.24. The molecule has 0 aromatic carbocycles. The lowest BCUT2D eigenvalue weighted by atomic mass is 10.2. The normalized spacial score (nSPS) is 13.2. The summed E-state index contributed by atoms with van der Waals surface area (Å²) in [6.07, 6.45) is 4.66. The van der Waals surface area contributed by atoms with E-state index in [1.807, 2.05) is 6.26 Å². The molecule has 1 aromatic heterocycles. The summed E-state index contributed by atoms with van der Waals surface area (Å²) in [4.78, 5) is 14.7. The summed E-state index contributed by atoms with van der Waals surface area (Å²) < 4.78 is 26.7. The van der Waals surface area contributed by atoms with E-state index in [9.17, 15) is 13.2 Å². The Hall–Kier alpha value is -0.640. The zero-order chi connectivity index (χ0) is 14.5. The zero-order valence-corrected chi connectivity index (χ0v) is 13.3. The molecule has 1 heterocycles. The number of sulfonamides is 1. The number of aliphatic carboxylic acids is 1. The SMILES string of the molecule is CSCC[C@H](NS(=O)(=O)c1cncc(Br)c1)C(=O)O. The maximum atomic E-state index is 12.0. The van der Waals surface area contributed by atoms with Crippen molar-refractivity contribution in [3.63, 3.8) is 0 Å². The van der Waals surface area contributed by atoms with E-state index in [0.29, 0.717) is 10.2 Å². The molecule has 0 aliphatic carbocycles. The van der Waals surface area contributed by atoms with Crippen molar-refractivity contribution in [3.8, 4) is 0 Å². The molecule has 19 heavy (non-hydrogen) atoms. The minimum Gasteiger partial charge on any atom is -0.480 e. The Bertz CT molecular complexity index is 550. The van der Waals surface area contributed by atoms with Crippen LogP contribution in [0.25, 0.3) is 0 Å². The molecule has 0 saturated carbocycles. The molecule has 0 aliphatic rings. The van der Waals surface area contributed by atoms with Gasteiger partial charge in [-0.2, -0.15) is 16.5 Å². The number of pyridine rings is 1. The van der Waals surface area contributed by atoms with Crippen LogP contribution in [-0.2, 0) is 14.8 Å². The first-order valence-corrected chi connectivity index (χ1v) is 8.88. The Morgan fingerprint density at radius 2 is 2.26 bits per heavy atom. The third-order valence-corrected chi connectivity index (χ3v) is 4.71. The predicted octanol–water partition coefficient (Wildman–Crippen LogP) is 1.33. The number of hydrogen-bond donors (Lipinski definition) is 2. The van der Waals surface area contributed by atoms with Gasteiger partial charge < -0.3 is 5.11 Å². The lowest BCUT2D eigenvalue weighted by Gasteiger charge is -2.14. The van der Waals surface area contributed by atoms with Crippen LogP contribution in [0.4, 0.5) is 0 Å². The van der Waals surface area contributed by atoms with Crippen molar-refractivity contribution < 1.29 is 18.3 Å². The molecule has 1 atom stereocenters. The van der Waals surface area contributed by atoms with E-state index in [1.54, 1.807) is 0 Å². The number of rotatable bonds is 7. The number of hydrogen-bond acceptors (Lipinski definition) is 5. The third-order valence-electron chi connectivity index (χ3n) is 2.20. The quantitative estimate of drug-likeness (QED) is 0.753. The fourth-order valence-corrected chi connectivity index (χ4v) is 3.46. The van der Waals surface area contributed by atoms with Gasteiger partial charge in [0.15, 0.2) is 0 Å². The van der Waals surface area contributed by atoms with E-state index in [2.05, 4.69) is 25.6 Å². The van der Waals surface area contributed by atoms with E-state index in [0.717, 1.165) is 0 Å². The van der Waals surface area contributed by atoms with E-state index >= 15 is 0 Å². The molecule has 9 heteroatoms. The summed E-state index contributed by atoms with van der Waals surface area (Å²) in [5.41, 5.74) is 0. The van der Waals surface area contributed by atoms with Gasteiger partial charge in [0.2, 0.25) is 10.0 Å². The Morgan fingerprint density at radius 3 is 2.79 bits per heavy atom. The average molecular weight is 369 g/mol. The van der Waals surface area contributed by atoms with Crippen LogP contribution in [0.3, 0.4) is 0 Å². The van der Waals surface area contributed by atoms with E-state index in [4.69, 9.17) is 5.11 Å². The van der Waals surface area contributed by atoms with Crippen LogP contribution in [0, 0.1) is 0 Å². The molecule has 106 valence electrons. The molecular weight excluding hydrogens is 356 g/mol. The topological polar surface area (TPSA) is 96.4 Å². The van der Waals surface area contributed by atoms with Crippen molar-refractivity contribution in [2.45, 2.75) is 17.4 Å². The fourth-order valence-electron chi connectivity index (χ4n) is 1.26. The molecule has 0 unspecified atom stereocenters. The molecule has 0 radical (unpaired) electrons. The minimum atomic E-state index is -3.89. The molecule has 1 rings (SSSR count). The zero-order valence-electron chi connectivity index (χ0n) is 10.0. The molecule has 0 fully saturated rings. The first-order chi connectivity index (χ1) is 8.86. The summed E-state index contributed by atoms with van der Waals surface area (Å²) in [5, 5.41) is 9.00. The van der Waals surface area contributed by atoms with Crippen molar-refractivity contribution in [1.82, 2.24) is 9.71 Å². The molecule has 0 aliphatic heterocycles. The number of carboxylic acid groups (broad SMARTS) is 1. The smallest absolute Gasteiger partial charge is 0.321 e. The molecule has 2 N–H and O–H groups in total. The van der Waals surface area contributed by atoms with Gasteiger partial charge in [0, 0.05) is 16.9 Å². The van der Waals surface area contributed by atoms with Gasteiger partial charge >= 0.3 is 5.97 Å². The van der Waals surface area contributed by atoms with E-state index in [-0.39, 0.29) is 11.3 Å². The number of halogens is 1. The van der Waals surface area contributed by atoms with Crippen LogP contribution < -0.4 is 4.72 Å². The summed E-state index contributed by atoms with van der Waals surface area (Å²) in [6.45, 7) is 0. The summed E-state index contributed by atoms with van der Waals surface area (Å²) in [7, 11) is -3.89. The highest BCUT2D eigenvalue weighted by Gasteiger charge is 2.25. The molecule has 6 nitrogen and oxygen atoms in total. The average Bonchev–Trinajstić information content (AvgIpc) is 2.34.